The van der Waals surface area contributed by atoms with Crippen molar-refractivity contribution in [3.05, 3.63) is 77.9 Å². The van der Waals surface area contributed by atoms with Crippen LogP contribution >= 0.6 is 0 Å². The van der Waals surface area contributed by atoms with E-state index in [0.717, 1.165) is 17.0 Å². The third-order valence-electron chi connectivity index (χ3n) is 4.01. The molecule has 0 saturated carbocycles. The molecule has 2 heterocycles. The van der Waals surface area contributed by atoms with Crippen molar-refractivity contribution in [2.24, 2.45) is 0 Å². The topological polar surface area (TPSA) is 52.0 Å². The Kier molecular flexibility index (Phi) is 3.49. The molecule has 0 radical (unpaired) electrons. The van der Waals surface area contributed by atoms with Gasteiger partial charge in [0, 0.05) is 16.8 Å². The van der Waals surface area contributed by atoms with Crippen LogP contribution in [-0.2, 0) is 0 Å². The number of benzene rings is 2. The van der Waals surface area contributed by atoms with E-state index in [1.807, 2.05) is 36.4 Å². The Labute approximate surface area is 138 Å². The van der Waals surface area contributed by atoms with E-state index in [-0.39, 0.29) is 11.9 Å². The summed E-state index contributed by atoms with van der Waals surface area (Å²) in [6.45, 7) is 0. The van der Waals surface area contributed by atoms with Crippen molar-refractivity contribution >= 4 is 11.6 Å². The van der Waals surface area contributed by atoms with Gasteiger partial charge in [0.05, 0.1) is 7.11 Å². The molecule has 1 aromatic heterocycles. The van der Waals surface area contributed by atoms with Gasteiger partial charge in [-0.1, -0.05) is 30.3 Å². The zero-order chi connectivity index (χ0) is 16.5. The van der Waals surface area contributed by atoms with Gasteiger partial charge in [0.2, 0.25) is 5.95 Å². The SMILES string of the molecule is COc1cccc(C2=C[C@H](c3ccccc3F)n3ncnc3N2)c1. The van der Waals surface area contributed by atoms with Gasteiger partial charge in [-0.2, -0.15) is 10.1 Å². The molecule has 5 nitrogen and oxygen atoms in total. The Hall–Kier alpha value is -3.15. The molecular weight excluding hydrogens is 307 g/mol. The van der Waals surface area contributed by atoms with Gasteiger partial charge in [-0.05, 0) is 24.3 Å². The molecular formula is C18H15FN4O. The highest BCUT2D eigenvalue weighted by atomic mass is 19.1. The third-order valence-corrected chi connectivity index (χ3v) is 4.01. The van der Waals surface area contributed by atoms with Gasteiger partial charge in [0.25, 0.3) is 0 Å². The number of methoxy groups -OCH3 is 1. The second kappa shape index (κ2) is 5.81. The molecule has 1 atom stereocenters. The standard InChI is InChI=1S/C18H15FN4O/c1-24-13-6-4-5-12(9-13)16-10-17(14-7-2-3-8-15(14)19)23-18(22-16)20-11-21-23/h2-11,17H,1H3,(H,20,21,22)/t17-/m1/s1. The van der Waals surface area contributed by atoms with Gasteiger partial charge in [0.1, 0.15) is 23.9 Å². The van der Waals surface area contributed by atoms with Gasteiger partial charge >= 0.3 is 0 Å². The van der Waals surface area contributed by atoms with E-state index >= 15 is 0 Å². The molecule has 4 rings (SSSR count). The first-order chi connectivity index (χ1) is 11.8. The molecule has 0 spiro atoms. The van der Waals surface area contributed by atoms with Crippen LogP contribution in [0.5, 0.6) is 5.75 Å². The van der Waals surface area contributed by atoms with Crippen LogP contribution in [0.4, 0.5) is 10.3 Å². The predicted molar refractivity (Wildman–Crippen MR) is 89.2 cm³/mol. The Morgan fingerprint density at radius 1 is 1.17 bits per heavy atom. The molecule has 1 aliphatic heterocycles. The van der Waals surface area contributed by atoms with E-state index in [1.165, 1.54) is 12.4 Å². The fraction of sp³-hybridized carbons (Fsp3) is 0.111. The second-order valence-electron chi connectivity index (χ2n) is 5.43. The van der Waals surface area contributed by atoms with Crippen molar-refractivity contribution in [2.45, 2.75) is 6.04 Å². The maximum absolute atomic E-state index is 14.3. The number of fused-ring (bicyclic) bond motifs is 1. The lowest BCUT2D eigenvalue weighted by Gasteiger charge is -2.24. The van der Waals surface area contributed by atoms with Crippen molar-refractivity contribution in [2.75, 3.05) is 12.4 Å². The maximum atomic E-state index is 14.3. The number of aromatic nitrogens is 3. The molecule has 24 heavy (non-hydrogen) atoms. The summed E-state index contributed by atoms with van der Waals surface area (Å²) in [6, 6.07) is 14.0. The number of halogens is 1. The summed E-state index contributed by atoms with van der Waals surface area (Å²) in [4.78, 5) is 4.23. The first kappa shape index (κ1) is 14.4. The number of nitrogens with one attached hydrogen (secondary N) is 1. The highest BCUT2D eigenvalue weighted by Gasteiger charge is 2.25. The van der Waals surface area contributed by atoms with Crippen LogP contribution in [0.15, 0.2) is 60.9 Å². The zero-order valence-corrected chi connectivity index (χ0v) is 13.0. The average molecular weight is 322 g/mol. The normalized spacial score (nSPS) is 16.1. The fourth-order valence-electron chi connectivity index (χ4n) is 2.83. The Morgan fingerprint density at radius 2 is 2.04 bits per heavy atom. The molecule has 6 heteroatoms. The number of rotatable bonds is 3. The van der Waals surface area contributed by atoms with Crippen LogP contribution in [-0.4, -0.2) is 21.9 Å². The van der Waals surface area contributed by atoms with Gasteiger partial charge < -0.3 is 10.1 Å². The first-order valence-corrected chi connectivity index (χ1v) is 7.53. The van der Waals surface area contributed by atoms with E-state index in [4.69, 9.17) is 4.74 Å². The fourth-order valence-corrected chi connectivity index (χ4v) is 2.83. The monoisotopic (exact) mass is 322 g/mol. The minimum atomic E-state index is -0.369. The smallest absolute Gasteiger partial charge is 0.226 e. The lowest BCUT2D eigenvalue weighted by Crippen LogP contribution is -2.21. The first-order valence-electron chi connectivity index (χ1n) is 7.53. The van der Waals surface area contributed by atoms with Crippen LogP contribution in [0.2, 0.25) is 0 Å². The summed E-state index contributed by atoms with van der Waals surface area (Å²) >= 11 is 0. The van der Waals surface area contributed by atoms with Crippen LogP contribution in [0.1, 0.15) is 17.2 Å². The summed E-state index contributed by atoms with van der Waals surface area (Å²) in [5.41, 5.74) is 2.32. The minimum Gasteiger partial charge on any atom is -0.497 e. The van der Waals surface area contributed by atoms with Crippen LogP contribution in [0, 0.1) is 5.82 Å². The number of hydrogen-bond acceptors (Lipinski definition) is 4. The highest BCUT2D eigenvalue weighted by Crippen LogP contribution is 2.33. The Balaban J connectivity index is 1.83. The van der Waals surface area contributed by atoms with Crippen molar-refractivity contribution in [1.82, 2.24) is 14.8 Å². The minimum absolute atomic E-state index is 0.271. The third kappa shape index (κ3) is 2.42. The maximum Gasteiger partial charge on any atom is 0.226 e. The molecule has 0 bridgehead atoms. The lowest BCUT2D eigenvalue weighted by molar-refractivity contribution is 0.414. The van der Waals surface area contributed by atoms with Crippen molar-refractivity contribution in [3.8, 4) is 5.75 Å². The summed E-state index contributed by atoms with van der Waals surface area (Å²) < 4.78 is 21.2. The summed E-state index contributed by atoms with van der Waals surface area (Å²) in [7, 11) is 1.63. The Morgan fingerprint density at radius 3 is 2.88 bits per heavy atom. The average Bonchev–Trinajstić information content (AvgIpc) is 3.10. The molecule has 120 valence electrons. The Bertz CT molecular complexity index is 919. The largest absolute Gasteiger partial charge is 0.497 e. The van der Waals surface area contributed by atoms with Crippen LogP contribution in [0.25, 0.3) is 5.70 Å². The number of allylic oxidation sites excluding steroid dienone is 1. The van der Waals surface area contributed by atoms with E-state index in [0.29, 0.717) is 11.5 Å². The van der Waals surface area contributed by atoms with E-state index in [1.54, 1.807) is 23.9 Å². The molecule has 1 N–H and O–H groups in total. The molecule has 1 aliphatic rings. The number of ether oxygens (including phenoxy) is 1. The number of anilines is 1. The molecule has 3 aromatic rings. The van der Waals surface area contributed by atoms with Gasteiger partial charge in [-0.25, -0.2) is 9.07 Å². The molecule has 0 fully saturated rings. The van der Waals surface area contributed by atoms with Gasteiger partial charge in [0.15, 0.2) is 0 Å². The van der Waals surface area contributed by atoms with Gasteiger partial charge in [-0.3, -0.25) is 0 Å². The summed E-state index contributed by atoms with van der Waals surface area (Å²) in [5.74, 6) is 1.06. The summed E-state index contributed by atoms with van der Waals surface area (Å²) in [5, 5.41) is 7.46. The van der Waals surface area contributed by atoms with E-state index in [2.05, 4.69) is 15.4 Å². The van der Waals surface area contributed by atoms with Gasteiger partial charge in [-0.15, -0.1) is 0 Å². The summed E-state index contributed by atoms with van der Waals surface area (Å²) in [6.07, 6.45) is 3.40. The highest BCUT2D eigenvalue weighted by molar-refractivity contribution is 5.77. The van der Waals surface area contributed by atoms with Crippen molar-refractivity contribution in [1.29, 1.82) is 0 Å². The van der Waals surface area contributed by atoms with Crippen molar-refractivity contribution < 1.29 is 9.13 Å². The molecule has 0 amide bonds. The zero-order valence-electron chi connectivity index (χ0n) is 13.0. The molecule has 2 aromatic carbocycles. The number of nitrogens with zero attached hydrogens (tertiary/aromatic N) is 3. The number of hydrogen-bond donors (Lipinski definition) is 1. The predicted octanol–water partition coefficient (Wildman–Crippen LogP) is 3.48. The lowest BCUT2D eigenvalue weighted by atomic mass is 10.0. The van der Waals surface area contributed by atoms with E-state index < -0.39 is 0 Å². The quantitative estimate of drug-likeness (QED) is 0.802. The van der Waals surface area contributed by atoms with Crippen LogP contribution < -0.4 is 10.1 Å². The van der Waals surface area contributed by atoms with Crippen LogP contribution in [0.3, 0.4) is 0 Å². The van der Waals surface area contributed by atoms with Crippen molar-refractivity contribution in [3.63, 3.8) is 0 Å². The van der Waals surface area contributed by atoms with E-state index in [9.17, 15) is 4.39 Å². The molecule has 0 unspecified atom stereocenters. The molecule has 0 saturated heterocycles. The second-order valence-corrected chi connectivity index (χ2v) is 5.43. The molecule has 0 aliphatic carbocycles.